The molecule has 4 rings (SSSR count). The second-order valence-electron chi connectivity index (χ2n) is 6.81. The molecule has 1 unspecified atom stereocenters. The van der Waals surface area contributed by atoms with Gasteiger partial charge in [-0.1, -0.05) is 36.4 Å². The van der Waals surface area contributed by atoms with Gasteiger partial charge in [0.15, 0.2) is 0 Å². The summed E-state index contributed by atoms with van der Waals surface area (Å²) >= 11 is 0. The van der Waals surface area contributed by atoms with Crippen molar-refractivity contribution in [1.82, 2.24) is 14.9 Å². The first-order chi connectivity index (χ1) is 12.2. The second kappa shape index (κ2) is 6.71. The Morgan fingerprint density at radius 1 is 1.20 bits per heavy atom. The normalized spacial score (nSPS) is 16.6. The van der Waals surface area contributed by atoms with Crippen LogP contribution in [-0.2, 0) is 17.6 Å². The minimum atomic E-state index is 0.183. The highest BCUT2D eigenvalue weighted by atomic mass is 16.2. The smallest absolute Gasteiger partial charge is 0.223 e. The summed E-state index contributed by atoms with van der Waals surface area (Å²) in [6.45, 7) is 0. The fraction of sp³-hybridized carbons (Fsp3) is 0.333. The van der Waals surface area contributed by atoms with Crippen molar-refractivity contribution in [3.63, 3.8) is 0 Å². The van der Waals surface area contributed by atoms with Crippen molar-refractivity contribution < 1.29 is 4.79 Å². The van der Waals surface area contributed by atoms with Crippen LogP contribution >= 0.6 is 0 Å². The van der Waals surface area contributed by atoms with E-state index in [0.717, 1.165) is 36.1 Å². The highest BCUT2D eigenvalue weighted by Crippen LogP contribution is 2.33. The number of nitrogens with zero attached hydrogens (tertiary/aromatic N) is 2. The van der Waals surface area contributed by atoms with Crippen molar-refractivity contribution >= 4 is 16.9 Å². The summed E-state index contributed by atoms with van der Waals surface area (Å²) in [7, 11) is 1.94. The first-order valence-corrected chi connectivity index (χ1v) is 8.99. The van der Waals surface area contributed by atoms with Crippen LogP contribution in [0, 0.1) is 0 Å². The Hall–Kier alpha value is -2.62. The lowest BCUT2D eigenvalue weighted by Crippen LogP contribution is -2.33. The van der Waals surface area contributed by atoms with Gasteiger partial charge >= 0.3 is 0 Å². The van der Waals surface area contributed by atoms with Crippen LogP contribution in [0.15, 0.2) is 48.5 Å². The number of hydrogen-bond acceptors (Lipinski definition) is 2. The molecule has 0 bridgehead atoms. The molecule has 4 nitrogen and oxygen atoms in total. The lowest BCUT2D eigenvalue weighted by Gasteiger charge is -2.33. The Kier molecular flexibility index (Phi) is 4.26. The van der Waals surface area contributed by atoms with E-state index in [1.165, 1.54) is 11.1 Å². The Balaban J connectivity index is 1.44. The van der Waals surface area contributed by atoms with Gasteiger partial charge < -0.3 is 9.88 Å². The molecule has 1 heterocycles. The topological polar surface area (TPSA) is 49.0 Å². The third-order valence-electron chi connectivity index (χ3n) is 5.21. The zero-order chi connectivity index (χ0) is 17.2. The van der Waals surface area contributed by atoms with Gasteiger partial charge in [0, 0.05) is 19.9 Å². The number of hydrogen-bond donors (Lipinski definition) is 1. The summed E-state index contributed by atoms with van der Waals surface area (Å²) in [6.07, 6.45) is 4.43. The molecule has 0 radical (unpaired) electrons. The number of carbonyl (C=O) groups excluding carboxylic acids is 1. The largest absolute Gasteiger partial charge is 0.342 e. The fourth-order valence-electron chi connectivity index (χ4n) is 3.83. The average Bonchev–Trinajstić information content (AvgIpc) is 3.08. The number of aromatic amines is 1. The Morgan fingerprint density at radius 3 is 2.88 bits per heavy atom. The van der Waals surface area contributed by atoms with E-state index >= 15 is 0 Å². The summed E-state index contributed by atoms with van der Waals surface area (Å²) in [5, 5.41) is 0. The molecule has 1 atom stereocenters. The number of aryl methyl sites for hydroxylation is 2. The number of aromatic nitrogens is 2. The summed E-state index contributed by atoms with van der Waals surface area (Å²) < 4.78 is 0. The van der Waals surface area contributed by atoms with Crippen molar-refractivity contribution in [2.24, 2.45) is 0 Å². The molecule has 2 aromatic carbocycles. The predicted molar refractivity (Wildman–Crippen MR) is 99.3 cm³/mol. The van der Waals surface area contributed by atoms with Crippen LogP contribution in [0.5, 0.6) is 0 Å². The SMILES string of the molecule is CN(C(=O)CCc1nc2ccccc2[nH]1)C1CCCc2ccccc21. The molecular weight excluding hydrogens is 310 g/mol. The number of amides is 1. The quantitative estimate of drug-likeness (QED) is 0.783. The van der Waals surface area contributed by atoms with E-state index in [-0.39, 0.29) is 11.9 Å². The number of rotatable bonds is 4. The highest BCUT2D eigenvalue weighted by Gasteiger charge is 2.26. The lowest BCUT2D eigenvalue weighted by molar-refractivity contribution is -0.132. The number of fused-ring (bicyclic) bond motifs is 2. The number of nitrogens with one attached hydrogen (secondary N) is 1. The zero-order valence-electron chi connectivity index (χ0n) is 14.5. The van der Waals surface area contributed by atoms with Gasteiger partial charge in [-0.2, -0.15) is 0 Å². The van der Waals surface area contributed by atoms with Crippen molar-refractivity contribution in [3.05, 3.63) is 65.5 Å². The van der Waals surface area contributed by atoms with Crippen LogP contribution in [0.1, 0.15) is 42.3 Å². The first kappa shape index (κ1) is 15.9. The minimum Gasteiger partial charge on any atom is -0.342 e. The third kappa shape index (κ3) is 3.16. The van der Waals surface area contributed by atoms with E-state index in [1.54, 1.807) is 0 Å². The molecule has 0 aliphatic heterocycles. The number of benzene rings is 2. The number of carbonyl (C=O) groups is 1. The lowest BCUT2D eigenvalue weighted by atomic mass is 9.87. The minimum absolute atomic E-state index is 0.183. The molecule has 0 fully saturated rings. The Bertz CT molecular complexity index is 866. The molecule has 1 aliphatic rings. The molecular formula is C21H23N3O. The molecule has 128 valence electrons. The Morgan fingerprint density at radius 2 is 2.00 bits per heavy atom. The molecule has 4 heteroatoms. The van der Waals surface area contributed by atoms with Crippen LogP contribution < -0.4 is 0 Å². The molecule has 0 saturated heterocycles. The summed E-state index contributed by atoms with van der Waals surface area (Å²) in [6, 6.07) is 16.7. The number of imidazole rings is 1. The van der Waals surface area contributed by atoms with Gasteiger partial charge in [-0.15, -0.1) is 0 Å². The van der Waals surface area contributed by atoms with Gasteiger partial charge in [-0.25, -0.2) is 4.98 Å². The van der Waals surface area contributed by atoms with Crippen molar-refractivity contribution in [3.8, 4) is 0 Å². The number of H-pyrrole nitrogens is 1. The van der Waals surface area contributed by atoms with E-state index in [1.807, 2.05) is 36.2 Å². The van der Waals surface area contributed by atoms with Gasteiger partial charge in [0.25, 0.3) is 0 Å². The van der Waals surface area contributed by atoms with Gasteiger partial charge in [0.2, 0.25) is 5.91 Å². The van der Waals surface area contributed by atoms with Crippen molar-refractivity contribution in [1.29, 1.82) is 0 Å². The maximum absolute atomic E-state index is 12.7. The molecule has 3 aromatic rings. The van der Waals surface area contributed by atoms with Crippen molar-refractivity contribution in [2.75, 3.05) is 7.05 Å². The molecule has 1 aromatic heterocycles. The molecule has 0 spiro atoms. The fourth-order valence-corrected chi connectivity index (χ4v) is 3.83. The van der Waals surface area contributed by atoms with E-state index in [0.29, 0.717) is 12.8 Å². The molecule has 1 amide bonds. The molecule has 1 N–H and O–H groups in total. The standard InChI is InChI=1S/C21H23N3O/c1-24(19-12-6-8-15-7-2-3-9-16(15)19)21(25)14-13-20-22-17-10-4-5-11-18(17)23-20/h2-5,7,9-11,19H,6,8,12-14H2,1H3,(H,22,23). The molecule has 1 aliphatic carbocycles. The average molecular weight is 333 g/mol. The second-order valence-corrected chi connectivity index (χ2v) is 6.81. The summed E-state index contributed by atoms with van der Waals surface area (Å²) in [5.41, 5.74) is 4.68. The first-order valence-electron chi connectivity index (χ1n) is 8.99. The predicted octanol–water partition coefficient (Wildman–Crippen LogP) is 4.03. The van der Waals surface area contributed by atoms with Gasteiger partial charge in [0.05, 0.1) is 17.1 Å². The van der Waals surface area contributed by atoms with Crippen LogP contribution in [0.2, 0.25) is 0 Å². The van der Waals surface area contributed by atoms with Crippen molar-refractivity contribution in [2.45, 2.75) is 38.1 Å². The maximum Gasteiger partial charge on any atom is 0.223 e. The number of para-hydroxylation sites is 2. The highest BCUT2D eigenvalue weighted by molar-refractivity contribution is 5.77. The molecule has 25 heavy (non-hydrogen) atoms. The van der Waals surface area contributed by atoms with Gasteiger partial charge in [-0.05, 0) is 42.5 Å². The monoisotopic (exact) mass is 333 g/mol. The van der Waals surface area contributed by atoms with Crippen LogP contribution in [0.25, 0.3) is 11.0 Å². The third-order valence-corrected chi connectivity index (χ3v) is 5.21. The van der Waals surface area contributed by atoms with E-state index < -0.39 is 0 Å². The van der Waals surface area contributed by atoms with Crippen LogP contribution in [0.4, 0.5) is 0 Å². The summed E-state index contributed by atoms with van der Waals surface area (Å²) in [4.78, 5) is 22.5. The zero-order valence-corrected chi connectivity index (χ0v) is 14.5. The van der Waals surface area contributed by atoms with Gasteiger partial charge in [-0.3, -0.25) is 4.79 Å². The van der Waals surface area contributed by atoms with E-state index in [2.05, 4.69) is 34.2 Å². The van der Waals surface area contributed by atoms with E-state index in [4.69, 9.17) is 0 Å². The van der Waals surface area contributed by atoms with Gasteiger partial charge in [0.1, 0.15) is 5.82 Å². The van der Waals surface area contributed by atoms with E-state index in [9.17, 15) is 4.79 Å². The van der Waals surface area contributed by atoms with Crippen LogP contribution in [-0.4, -0.2) is 27.8 Å². The summed E-state index contributed by atoms with van der Waals surface area (Å²) in [5.74, 6) is 1.06. The Labute approximate surface area is 147 Å². The maximum atomic E-state index is 12.7. The molecule has 0 saturated carbocycles. The van der Waals surface area contributed by atoms with Crippen LogP contribution in [0.3, 0.4) is 0 Å².